The highest BCUT2D eigenvalue weighted by atomic mass is 15.3. The van der Waals surface area contributed by atoms with Crippen molar-refractivity contribution < 1.29 is 0 Å². The third-order valence-electron chi connectivity index (χ3n) is 4.51. The molecule has 128 valence electrons. The number of piperazine rings is 1. The molecule has 1 aromatic heterocycles. The molecule has 24 heavy (non-hydrogen) atoms. The van der Waals surface area contributed by atoms with E-state index in [2.05, 4.69) is 50.1 Å². The summed E-state index contributed by atoms with van der Waals surface area (Å²) in [7, 11) is 3.95. The van der Waals surface area contributed by atoms with Crippen LogP contribution in [0.5, 0.6) is 0 Å². The minimum Gasteiger partial charge on any atom is -0.354 e. The lowest BCUT2D eigenvalue weighted by Gasteiger charge is -2.35. The topological polar surface area (TPSA) is 35.5 Å². The molecular weight excluding hydrogens is 298 g/mol. The largest absolute Gasteiger partial charge is 0.354 e. The summed E-state index contributed by atoms with van der Waals surface area (Å²) in [6.07, 6.45) is 4.24. The second-order valence-corrected chi connectivity index (χ2v) is 6.53. The van der Waals surface area contributed by atoms with Gasteiger partial charge in [-0.15, -0.1) is 0 Å². The van der Waals surface area contributed by atoms with E-state index < -0.39 is 0 Å². The maximum absolute atomic E-state index is 4.65. The molecule has 0 radical (unpaired) electrons. The van der Waals surface area contributed by atoms with Gasteiger partial charge in [-0.25, -0.2) is 4.98 Å². The summed E-state index contributed by atoms with van der Waals surface area (Å²) in [5, 5.41) is 0. The smallest absolute Gasteiger partial charge is 0.226 e. The van der Waals surface area contributed by atoms with E-state index in [9.17, 15) is 0 Å². The highest BCUT2D eigenvalue weighted by Crippen LogP contribution is 2.16. The zero-order valence-corrected chi connectivity index (χ0v) is 14.7. The van der Waals surface area contributed by atoms with Crippen LogP contribution in [0, 0.1) is 0 Å². The van der Waals surface area contributed by atoms with E-state index in [1.54, 1.807) is 0 Å². The van der Waals surface area contributed by atoms with Gasteiger partial charge in [0, 0.05) is 46.5 Å². The van der Waals surface area contributed by atoms with Gasteiger partial charge in [-0.2, -0.15) is 4.98 Å². The first kappa shape index (κ1) is 16.7. The molecule has 5 nitrogen and oxygen atoms in total. The average Bonchev–Trinajstić information content (AvgIpc) is 2.63. The molecule has 1 aromatic carbocycles. The van der Waals surface area contributed by atoms with Crippen LogP contribution in [0.2, 0.25) is 0 Å². The van der Waals surface area contributed by atoms with Crippen molar-refractivity contribution >= 4 is 11.8 Å². The summed E-state index contributed by atoms with van der Waals surface area (Å²) in [4.78, 5) is 15.8. The van der Waals surface area contributed by atoms with Crippen LogP contribution in [0.3, 0.4) is 0 Å². The first-order valence-corrected chi connectivity index (χ1v) is 8.74. The van der Waals surface area contributed by atoms with Gasteiger partial charge in [-0.05, 0) is 31.0 Å². The predicted molar refractivity (Wildman–Crippen MR) is 99.8 cm³/mol. The lowest BCUT2D eigenvalue weighted by atomic mass is 10.1. The van der Waals surface area contributed by atoms with Gasteiger partial charge in [0.05, 0.1) is 0 Å². The number of aryl methyl sites for hydroxylation is 1. The number of hydrogen-bond donors (Lipinski definition) is 0. The van der Waals surface area contributed by atoms with Gasteiger partial charge in [0.25, 0.3) is 0 Å². The van der Waals surface area contributed by atoms with Gasteiger partial charge in [-0.3, -0.25) is 4.90 Å². The van der Waals surface area contributed by atoms with Gasteiger partial charge < -0.3 is 9.80 Å². The summed E-state index contributed by atoms with van der Waals surface area (Å²) < 4.78 is 0. The van der Waals surface area contributed by atoms with Gasteiger partial charge in [0.2, 0.25) is 5.95 Å². The Labute approximate surface area is 144 Å². The molecule has 1 fully saturated rings. The van der Waals surface area contributed by atoms with Gasteiger partial charge >= 0.3 is 0 Å². The van der Waals surface area contributed by atoms with Crippen molar-refractivity contribution in [2.75, 3.05) is 56.6 Å². The highest BCUT2D eigenvalue weighted by Gasteiger charge is 2.18. The lowest BCUT2D eigenvalue weighted by molar-refractivity contribution is 0.254. The average molecular weight is 325 g/mol. The van der Waals surface area contributed by atoms with Crippen molar-refractivity contribution in [2.45, 2.75) is 12.8 Å². The summed E-state index contributed by atoms with van der Waals surface area (Å²) in [6, 6.07) is 12.8. The summed E-state index contributed by atoms with van der Waals surface area (Å²) in [5.41, 5.74) is 1.44. The zero-order valence-electron chi connectivity index (χ0n) is 14.7. The van der Waals surface area contributed by atoms with Gasteiger partial charge in [0.15, 0.2) is 0 Å². The van der Waals surface area contributed by atoms with Crippen molar-refractivity contribution in [1.29, 1.82) is 0 Å². The van der Waals surface area contributed by atoms with Crippen LogP contribution in [0.15, 0.2) is 42.6 Å². The van der Waals surface area contributed by atoms with Crippen molar-refractivity contribution in [3.63, 3.8) is 0 Å². The maximum Gasteiger partial charge on any atom is 0.226 e. The maximum atomic E-state index is 4.65. The third-order valence-corrected chi connectivity index (χ3v) is 4.51. The van der Waals surface area contributed by atoms with Crippen LogP contribution < -0.4 is 9.80 Å². The molecular formula is C19H27N5. The Morgan fingerprint density at radius 1 is 1.00 bits per heavy atom. The Balaban J connectivity index is 1.45. The molecule has 0 unspecified atom stereocenters. The SMILES string of the molecule is CN(C)c1nccc(N2CCN(CCCc3ccccc3)CC2)n1. The van der Waals surface area contributed by atoms with Gasteiger partial charge in [-0.1, -0.05) is 30.3 Å². The molecule has 0 N–H and O–H groups in total. The van der Waals surface area contributed by atoms with E-state index in [1.165, 1.54) is 24.9 Å². The number of aromatic nitrogens is 2. The van der Waals surface area contributed by atoms with Crippen LogP contribution in [-0.2, 0) is 6.42 Å². The fourth-order valence-corrected chi connectivity index (χ4v) is 3.08. The monoisotopic (exact) mass is 325 g/mol. The fraction of sp³-hybridized carbons (Fsp3) is 0.474. The highest BCUT2D eigenvalue weighted by molar-refractivity contribution is 5.43. The first-order chi connectivity index (χ1) is 11.7. The Hall–Kier alpha value is -2.14. The number of rotatable bonds is 6. The molecule has 0 atom stereocenters. The van der Waals surface area contributed by atoms with E-state index in [1.807, 2.05) is 31.3 Å². The molecule has 1 aliphatic rings. The van der Waals surface area contributed by atoms with Crippen molar-refractivity contribution in [2.24, 2.45) is 0 Å². The van der Waals surface area contributed by atoms with Gasteiger partial charge in [0.1, 0.15) is 5.82 Å². The van der Waals surface area contributed by atoms with Crippen LogP contribution >= 0.6 is 0 Å². The molecule has 0 amide bonds. The number of nitrogens with zero attached hydrogens (tertiary/aromatic N) is 5. The molecule has 3 rings (SSSR count). The van der Waals surface area contributed by atoms with E-state index >= 15 is 0 Å². The van der Waals surface area contributed by atoms with E-state index in [4.69, 9.17) is 0 Å². The fourth-order valence-electron chi connectivity index (χ4n) is 3.08. The van der Waals surface area contributed by atoms with Crippen molar-refractivity contribution in [3.05, 3.63) is 48.2 Å². The van der Waals surface area contributed by atoms with E-state index in [0.717, 1.165) is 37.9 Å². The predicted octanol–water partition coefficient (Wildman–Crippen LogP) is 2.30. The quantitative estimate of drug-likeness (QED) is 0.814. The standard InChI is InChI=1S/C19H27N5/c1-22(2)19-20-11-10-18(21-19)24-15-13-23(14-16-24)12-6-9-17-7-4-3-5-8-17/h3-5,7-8,10-11H,6,9,12-16H2,1-2H3. The van der Waals surface area contributed by atoms with E-state index in [-0.39, 0.29) is 0 Å². The Morgan fingerprint density at radius 2 is 1.75 bits per heavy atom. The Morgan fingerprint density at radius 3 is 2.46 bits per heavy atom. The van der Waals surface area contributed by atoms with Crippen LogP contribution in [-0.4, -0.2) is 61.7 Å². The number of anilines is 2. The van der Waals surface area contributed by atoms with E-state index in [0.29, 0.717) is 0 Å². The molecule has 2 heterocycles. The molecule has 0 aliphatic carbocycles. The molecule has 1 saturated heterocycles. The number of hydrogen-bond acceptors (Lipinski definition) is 5. The Bertz CT molecular complexity index is 621. The second-order valence-electron chi connectivity index (χ2n) is 6.53. The molecule has 0 bridgehead atoms. The molecule has 0 saturated carbocycles. The second kappa shape index (κ2) is 8.11. The Kier molecular flexibility index (Phi) is 5.64. The molecule has 2 aromatic rings. The van der Waals surface area contributed by atoms with Crippen molar-refractivity contribution in [3.8, 4) is 0 Å². The molecule has 0 spiro atoms. The van der Waals surface area contributed by atoms with Crippen molar-refractivity contribution in [1.82, 2.24) is 14.9 Å². The summed E-state index contributed by atoms with van der Waals surface area (Å²) in [6.45, 7) is 5.46. The lowest BCUT2D eigenvalue weighted by Crippen LogP contribution is -2.47. The molecule has 1 aliphatic heterocycles. The molecule has 5 heteroatoms. The minimum atomic E-state index is 0.776. The first-order valence-electron chi connectivity index (χ1n) is 8.74. The third kappa shape index (κ3) is 4.45. The van der Waals surface area contributed by atoms with Crippen LogP contribution in [0.1, 0.15) is 12.0 Å². The van der Waals surface area contributed by atoms with Crippen LogP contribution in [0.25, 0.3) is 0 Å². The zero-order chi connectivity index (χ0) is 16.8. The normalized spacial score (nSPS) is 15.5. The minimum absolute atomic E-state index is 0.776. The number of benzene rings is 1. The summed E-state index contributed by atoms with van der Waals surface area (Å²) >= 11 is 0. The van der Waals surface area contributed by atoms with Crippen LogP contribution in [0.4, 0.5) is 11.8 Å². The summed E-state index contributed by atoms with van der Waals surface area (Å²) in [5.74, 6) is 1.82.